The Morgan fingerprint density at radius 1 is 1.50 bits per heavy atom. The SMILES string of the molecule is C=CC[C@H](N)c1ccc(Cl)nc1Cl.Cl. The van der Waals surface area contributed by atoms with Crippen molar-refractivity contribution < 1.29 is 0 Å². The van der Waals surface area contributed by atoms with Gasteiger partial charge >= 0.3 is 0 Å². The molecule has 1 aromatic heterocycles. The number of rotatable bonds is 3. The lowest BCUT2D eigenvalue weighted by atomic mass is 10.1. The molecule has 2 N–H and O–H groups in total. The van der Waals surface area contributed by atoms with Gasteiger partial charge in [-0.15, -0.1) is 19.0 Å². The topological polar surface area (TPSA) is 38.9 Å². The molecule has 0 saturated carbocycles. The van der Waals surface area contributed by atoms with Crippen molar-refractivity contribution in [2.24, 2.45) is 5.73 Å². The summed E-state index contributed by atoms with van der Waals surface area (Å²) >= 11 is 11.5. The van der Waals surface area contributed by atoms with Gasteiger partial charge < -0.3 is 5.73 Å². The zero-order valence-electron chi connectivity index (χ0n) is 7.41. The summed E-state index contributed by atoms with van der Waals surface area (Å²) in [4.78, 5) is 3.89. The van der Waals surface area contributed by atoms with Crippen LogP contribution < -0.4 is 5.73 Å². The van der Waals surface area contributed by atoms with Gasteiger partial charge in [0.2, 0.25) is 0 Å². The minimum Gasteiger partial charge on any atom is -0.324 e. The molecule has 0 spiro atoms. The molecule has 0 unspecified atom stereocenters. The highest BCUT2D eigenvalue weighted by atomic mass is 35.5. The molecule has 0 aliphatic carbocycles. The van der Waals surface area contributed by atoms with Crippen molar-refractivity contribution in [2.75, 3.05) is 0 Å². The smallest absolute Gasteiger partial charge is 0.135 e. The maximum Gasteiger partial charge on any atom is 0.135 e. The highest BCUT2D eigenvalue weighted by molar-refractivity contribution is 6.32. The van der Waals surface area contributed by atoms with E-state index < -0.39 is 0 Å². The fraction of sp³-hybridized carbons (Fsp3) is 0.222. The molecule has 1 aromatic rings. The van der Waals surface area contributed by atoms with Crippen LogP contribution in [-0.2, 0) is 0 Å². The summed E-state index contributed by atoms with van der Waals surface area (Å²) in [5, 5.41) is 0.737. The lowest BCUT2D eigenvalue weighted by Crippen LogP contribution is -2.10. The highest BCUT2D eigenvalue weighted by Gasteiger charge is 2.09. The van der Waals surface area contributed by atoms with E-state index in [-0.39, 0.29) is 18.4 Å². The van der Waals surface area contributed by atoms with E-state index in [1.807, 2.05) is 0 Å². The summed E-state index contributed by atoms with van der Waals surface area (Å²) < 4.78 is 0. The molecule has 0 aromatic carbocycles. The highest BCUT2D eigenvalue weighted by Crippen LogP contribution is 2.23. The first kappa shape index (κ1) is 13.7. The van der Waals surface area contributed by atoms with E-state index >= 15 is 0 Å². The van der Waals surface area contributed by atoms with Crippen LogP contribution in [0.25, 0.3) is 0 Å². The molecule has 0 amide bonds. The number of pyridine rings is 1. The third kappa shape index (κ3) is 3.46. The summed E-state index contributed by atoms with van der Waals surface area (Å²) in [7, 11) is 0. The number of halogens is 3. The fourth-order valence-electron chi connectivity index (χ4n) is 1.01. The first-order chi connectivity index (χ1) is 6.15. The van der Waals surface area contributed by atoms with Crippen molar-refractivity contribution in [1.82, 2.24) is 4.98 Å². The zero-order valence-corrected chi connectivity index (χ0v) is 9.74. The molecule has 14 heavy (non-hydrogen) atoms. The number of nitrogens with two attached hydrogens (primary N) is 1. The van der Waals surface area contributed by atoms with Gasteiger partial charge in [0.1, 0.15) is 10.3 Å². The van der Waals surface area contributed by atoms with E-state index in [1.54, 1.807) is 18.2 Å². The van der Waals surface area contributed by atoms with Crippen molar-refractivity contribution >= 4 is 35.6 Å². The van der Waals surface area contributed by atoms with Gasteiger partial charge in [-0.3, -0.25) is 0 Å². The Hall–Kier alpha value is -0.280. The van der Waals surface area contributed by atoms with Crippen LogP contribution in [-0.4, -0.2) is 4.98 Å². The van der Waals surface area contributed by atoms with E-state index in [4.69, 9.17) is 28.9 Å². The van der Waals surface area contributed by atoms with Crippen LogP contribution in [0.3, 0.4) is 0 Å². The van der Waals surface area contributed by atoms with E-state index in [0.29, 0.717) is 16.7 Å². The summed E-state index contributed by atoms with van der Waals surface area (Å²) in [6, 6.07) is 3.30. The molecule has 0 bridgehead atoms. The Balaban J connectivity index is 0.00000169. The molecule has 5 heteroatoms. The molecule has 0 aliphatic heterocycles. The van der Waals surface area contributed by atoms with Crippen LogP contribution in [0.15, 0.2) is 24.8 Å². The predicted octanol–water partition coefficient (Wildman–Crippen LogP) is 3.39. The van der Waals surface area contributed by atoms with Gasteiger partial charge in [0, 0.05) is 11.6 Å². The van der Waals surface area contributed by atoms with Crippen molar-refractivity contribution in [3.05, 3.63) is 40.7 Å². The van der Waals surface area contributed by atoms with Crippen LogP contribution in [0, 0.1) is 0 Å². The van der Waals surface area contributed by atoms with Gasteiger partial charge in [0.15, 0.2) is 0 Å². The number of nitrogens with zero attached hydrogens (tertiary/aromatic N) is 1. The van der Waals surface area contributed by atoms with Gasteiger partial charge in [-0.25, -0.2) is 4.98 Å². The Kier molecular flexibility index (Phi) is 6.12. The standard InChI is InChI=1S/C9H10Cl2N2.ClH/c1-2-3-7(12)6-4-5-8(10)13-9(6)11;/h2,4-5,7H,1,3,12H2;1H/t7-;/m0./s1. The van der Waals surface area contributed by atoms with Gasteiger partial charge in [0.25, 0.3) is 0 Å². The van der Waals surface area contributed by atoms with Gasteiger partial charge in [-0.05, 0) is 12.5 Å². The summed E-state index contributed by atoms with van der Waals surface area (Å²) in [5.41, 5.74) is 6.61. The van der Waals surface area contributed by atoms with Gasteiger partial charge in [-0.1, -0.05) is 35.3 Å². The van der Waals surface area contributed by atoms with Crippen LogP contribution in [0.5, 0.6) is 0 Å². The van der Waals surface area contributed by atoms with Gasteiger partial charge in [0.05, 0.1) is 0 Å². The maximum absolute atomic E-state index is 5.85. The van der Waals surface area contributed by atoms with Crippen LogP contribution >= 0.6 is 35.6 Å². The average Bonchev–Trinajstić information content (AvgIpc) is 2.04. The van der Waals surface area contributed by atoms with E-state index in [2.05, 4.69) is 11.6 Å². The van der Waals surface area contributed by atoms with Crippen LogP contribution in [0.1, 0.15) is 18.0 Å². The quantitative estimate of drug-likeness (QED) is 0.662. The molecule has 0 aliphatic rings. The summed E-state index contributed by atoms with van der Waals surface area (Å²) in [6.07, 6.45) is 2.42. The molecule has 2 nitrogen and oxygen atoms in total. The van der Waals surface area contributed by atoms with Crippen molar-refractivity contribution in [2.45, 2.75) is 12.5 Å². The van der Waals surface area contributed by atoms with Crippen molar-refractivity contribution in [3.63, 3.8) is 0 Å². The molecule has 0 fully saturated rings. The first-order valence-corrected chi connectivity index (χ1v) is 4.59. The number of aromatic nitrogens is 1. The molecular formula is C9H11Cl3N2. The minimum atomic E-state index is -0.158. The molecule has 1 heterocycles. The van der Waals surface area contributed by atoms with Crippen molar-refractivity contribution in [1.29, 1.82) is 0 Å². The Morgan fingerprint density at radius 2 is 2.14 bits per heavy atom. The summed E-state index contributed by atoms with van der Waals surface area (Å²) in [5.74, 6) is 0. The van der Waals surface area contributed by atoms with Crippen LogP contribution in [0.4, 0.5) is 0 Å². The number of hydrogen-bond acceptors (Lipinski definition) is 2. The van der Waals surface area contributed by atoms with Gasteiger partial charge in [-0.2, -0.15) is 0 Å². The Morgan fingerprint density at radius 3 is 2.64 bits per heavy atom. The Labute approximate surface area is 99.5 Å². The average molecular weight is 254 g/mol. The second-order valence-corrected chi connectivity index (χ2v) is 3.39. The monoisotopic (exact) mass is 252 g/mol. The first-order valence-electron chi connectivity index (χ1n) is 3.83. The predicted molar refractivity (Wildman–Crippen MR) is 63.2 cm³/mol. The normalized spacial score (nSPS) is 11.6. The largest absolute Gasteiger partial charge is 0.324 e. The number of hydrogen-bond donors (Lipinski definition) is 1. The van der Waals surface area contributed by atoms with E-state index in [9.17, 15) is 0 Å². The van der Waals surface area contributed by atoms with Crippen LogP contribution in [0.2, 0.25) is 10.3 Å². The van der Waals surface area contributed by atoms with Crippen molar-refractivity contribution in [3.8, 4) is 0 Å². The molecule has 1 atom stereocenters. The zero-order chi connectivity index (χ0) is 9.84. The van der Waals surface area contributed by atoms with E-state index in [0.717, 1.165) is 5.56 Å². The molecule has 0 saturated heterocycles. The molecular weight excluding hydrogens is 242 g/mol. The third-order valence-corrected chi connectivity index (χ3v) is 2.18. The lowest BCUT2D eigenvalue weighted by Gasteiger charge is -2.10. The maximum atomic E-state index is 5.85. The summed E-state index contributed by atoms with van der Waals surface area (Å²) in [6.45, 7) is 3.60. The minimum absolute atomic E-state index is 0. The molecule has 1 rings (SSSR count). The Bertz CT molecular complexity index is 315. The molecule has 0 radical (unpaired) electrons. The second-order valence-electron chi connectivity index (χ2n) is 2.64. The lowest BCUT2D eigenvalue weighted by molar-refractivity contribution is 0.738. The fourth-order valence-corrected chi connectivity index (χ4v) is 1.49. The van der Waals surface area contributed by atoms with E-state index in [1.165, 1.54) is 0 Å². The molecule has 78 valence electrons. The second kappa shape index (κ2) is 6.25. The third-order valence-electron chi connectivity index (χ3n) is 1.66.